The number of aryl methyl sites for hydroxylation is 2. The standard InChI is InChI=1S/C8H10N2O2.2CH4O3S/c1-5-4-9-7(3)6(2)8(5)10(11)12;2*1-5(2,3)4/h4H,1-3H3;2*1H3,(H,2,3,4). The number of aromatic nitrogens is 1. The molecule has 12 heteroatoms. The fraction of sp³-hybridized carbons (Fsp3) is 0.500. The molecule has 0 saturated carbocycles. The van der Waals surface area contributed by atoms with Crippen molar-refractivity contribution in [3.63, 3.8) is 0 Å². The lowest BCUT2D eigenvalue weighted by molar-refractivity contribution is -0.386. The number of pyridine rings is 1. The van der Waals surface area contributed by atoms with Crippen molar-refractivity contribution in [3.8, 4) is 0 Å². The lowest BCUT2D eigenvalue weighted by atomic mass is 10.1. The summed E-state index contributed by atoms with van der Waals surface area (Å²) in [5, 5.41) is 10.6. The minimum atomic E-state index is -3.67. The van der Waals surface area contributed by atoms with Crippen LogP contribution in [-0.4, -0.2) is 48.4 Å². The normalized spacial score (nSPS) is 10.7. The zero-order valence-corrected chi connectivity index (χ0v) is 14.3. The molecule has 0 amide bonds. The van der Waals surface area contributed by atoms with E-state index >= 15 is 0 Å². The molecule has 0 atom stereocenters. The molecular weight excluding hydrogens is 340 g/mol. The van der Waals surface area contributed by atoms with E-state index < -0.39 is 20.2 Å². The molecule has 0 aromatic carbocycles. The number of hydrogen-bond acceptors (Lipinski definition) is 7. The molecule has 1 heterocycles. The molecule has 1 rings (SSSR count). The number of nitro groups is 1. The predicted molar refractivity (Wildman–Crippen MR) is 80.0 cm³/mol. The molecule has 1 aromatic heterocycles. The minimum Gasteiger partial charge on any atom is -0.286 e. The van der Waals surface area contributed by atoms with Gasteiger partial charge in [-0.05, 0) is 20.8 Å². The van der Waals surface area contributed by atoms with Crippen LogP contribution in [0.1, 0.15) is 16.8 Å². The summed E-state index contributed by atoms with van der Waals surface area (Å²) in [5.74, 6) is 0. The molecule has 0 fully saturated rings. The highest BCUT2D eigenvalue weighted by molar-refractivity contribution is 7.85. The predicted octanol–water partition coefficient (Wildman–Crippen LogP) is 0.923. The third-order valence-corrected chi connectivity index (χ3v) is 1.91. The van der Waals surface area contributed by atoms with E-state index in [1.54, 1.807) is 20.8 Å². The zero-order chi connectivity index (χ0) is 18.3. The Hall–Kier alpha value is -1.63. The highest BCUT2D eigenvalue weighted by Crippen LogP contribution is 2.22. The second kappa shape index (κ2) is 8.73. The topological polar surface area (TPSA) is 165 Å². The van der Waals surface area contributed by atoms with Crippen molar-refractivity contribution in [3.05, 3.63) is 33.1 Å². The quantitative estimate of drug-likeness (QED) is 0.421. The molecule has 0 unspecified atom stereocenters. The molecule has 22 heavy (non-hydrogen) atoms. The summed E-state index contributed by atoms with van der Waals surface area (Å²) >= 11 is 0. The van der Waals surface area contributed by atoms with Crippen LogP contribution < -0.4 is 0 Å². The van der Waals surface area contributed by atoms with Gasteiger partial charge in [0.15, 0.2) is 0 Å². The highest BCUT2D eigenvalue weighted by Gasteiger charge is 2.15. The van der Waals surface area contributed by atoms with Gasteiger partial charge >= 0.3 is 0 Å². The van der Waals surface area contributed by atoms with E-state index in [1.807, 2.05) is 0 Å². The van der Waals surface area contributed by atoms with Crippen LogP contribution in [0.25, 0.3) is 0 Å². The van der Waals surface area contributed by atoms with Gasteiger partial charge < -0.3 is 0 Å². The maximum Gasteiger partial charge on any atom is 0.278 e. The van der Waals surface area contributed by atoms with Gasteiger partial charge in [-0.3, -0.25) is 24.2 Å². The Kier molecular flexibility index (Phi) is 8.98. The van der Waals surface area contributed by atoms with Crippen LogP contribution in [0.15, 0.2) is 6.20 Å². The van der Waals surface area contributed by atoms with Gasteiger partial charge in [-0.2, -0.15) is 16.8 Å². The Balaban J connectivity index is 0. The highest BCUT2D eigenvalue weighted by atomic mass is 32.2. The van der Waals surface area contributed by atoms with E-state index in [2.05, 4.69) is 4.98 Å². The summed E-state index contributed by atoms with van der Waals surface area (Å²) in [6, 6.07) is 0. The minimum absolute atomic E-state index is 0.183. The van der Waals surface area contributed by atoms with Gasteiger partial charge in [0.1, 0.15) is 0 Å². The van der Waals surface area contributed by atoms with Gasteiger partial charge in [-0.15, -0.1) is 0 Å². The molecule has 0 aliphatic heterocycles. The first-order chi connectivity index (χ1) is 9.54. The van der Waals surface area contributed by atoms with Crippen LogP contribution in [0, 0.1) is 30.9 Å². The van der Waals surface area contributed by atoms with Crippen molar-refractivity contribution in [1.82, 2.24) is 4.98 Å². The smallest absolute Gasteiger partial charge is 0.278 e. The average Bonchev–Trinajstić information content (AvgIpc) is 2.18. The molecule has 0 bridgehead atoms. The molecule has 0 aliphatic rings. The van der Waals surface area contributed by atoms with Crippen molar-refractivity contribution < 1.29 is 30.9 Å². The second-order valence-corrected chi connectivity index (χ2v) is 7.16. The SMILES string of the molecule is CS(=O)(=O)O.CS(=O)(=O)O.Cc1cnc(C)c(C)c1[N+](=O)[O-]. The van der Waals surface area contributed by atoms with E-state index in [9.17, 15) is 26.9 Å². The van der Waals surface area contributed by atoms with Gasteiger partial charge in [-0.1, -0.05) is 0 Å². The summed E-state index contributed by atoms with van der Waals surface area (Å²) < 4.78 is 51.7. The number of hydrogen-bond donors (Lipinski definition) is 2. The van der Waals surface area contributed by atoms with Gasteiger partial charge in [-0.25, -0.2) is 0 Å². The van der Waals surface area contributed by atoms with Crippen molar-refractivity contribution in [2.24, 2.45) is 0 Å². The molecule has 1 aromatic rings. The Bertz CT molecular complexity index is 680. The summed E-state index contributed by atoms with van der Waals surface area (Å²) in [7, 11) is -7.33. The van der Waals surface area contributed by atoms with Crippen molar-refractivity contribution >= 4 is 25.9 Å². The fourth-order valence-electron chi connectivity index (χ4n) is 1.10. The van der Waals surface area contributed by atoms with E-state index in [0.29, 0.717) is 29.3 Å². The molecule has 0 saturated heterocycles. The van der Waals surface area contributed by atoms with E-state index in [-0.39, 0.29) is 10.6 Å². The second-order valence-electron chi connectivity index (χ2n) is 4.22. The number of rotatable bonds is 1. The molecule has 0 aliphatic carbocycles. The first-order valence-electron chi connectivity index (χ1n) is 5.46. The van der Waals surface area contributed by atoms with Crippen molar-refractivity contribution in [2.45, 2.75) is 20.8 Å². The Morgan fingerprint density at radius 2 is 1.36 bits per heavy atom. The Morgan fingerprint density at radius 3 is 1.59 bits per heavy atom. The summed E-state index contributed by atoms with van der Waals surface area (Å²) in [6.07, 6.45) is 2.96. The van der Waals surface area contributed by atoms with Gasteiger partial charge in [0.25, 0.3) is 25.9 Å². The largest absolute Gasteiger partial charge is 0.286 e. The van der Waals surface area contributed by atoms with Crippen molar-refractivity contribution in [1.29, 1.82) is 0 Å². The lowest BCUT2D eigenvalue weighted by Gasteiger charge is -2.02. The van der Waals surface area contributed by atoms with Crippen LogP contribution in [0.2, 0.25) is 0 Å². The average molecular weight is 358 g/mol. The summed E-state index contributed by atoms with van der Waals surface area (Å²) in [5.41, 5.74) is 2.16. The van der Waals surface area contributed by atoms with Gasteiger partial charge in [0.2, 0.25) is 0 Å². The van der Waals surface area contributed by atoms with Gasteiger partial charge in [0.05, 0.1) is 17.4 Å². The molecule has 2 N–H and O–H groups in total. The van der Waals surface area contributed by atoms with Crippen LogP contribution in [-0.2, 0) is 20.2 Å². The monoisotopic (exact) mass is 358 g/mol. The van der Waals surface area contributed by atoms with Gasteiger partial charge in [0, 0.05) is 23.0 Å². The molecule has 0 radical (unpaired) electrons. The maximum atomic E-state index is 10.6. The Morgan fingerprint density at radius 1 is 1.05 bits per heavy atom. The summed E-state index contributed by atoms with van der Waals surface area (Å²) in [4.78, 5) is 14.2. The fourth-order valence-corrected chi connectivity index (χ4v) is 1.10. The molecule has 0 spiro atoms. The third kappa shape index (κ3) is 14.8. The van der Waals surface area contributed by atoms with Crippen LogP contribution in [0.5, 0.6) is 0 Å². The van der Waals surface area contributed by atoms with E-state index in [4.69, 9.17) is 9.11 Å². The first-order valence-corrected chi connectivity index (χ1v) is 9.15. The third-order valence-electron chi connectivity index (χ3n) is 1.91. The first kappa shape index (κ1) is 22.6. The maximum absolute atomic E-state index is 10.6. The summed E-state index contributed by atoms with van der Waals surface area (Å²) in [6.45, 7) is 5.17. The molecule has 10 nitrogen and oxygen atoms in total. The van der Waals surface area contributed by atoms with Crippen LogP contribution >= 0.6 is 0 Å². The van der Waals surface area contributed by atoms with Crippen LogP contribution in [0.4, 0.5) is 5.69 Å². The molecule has 128 valence electrons. The zero-order valence-electron chi connectivity index (χ0n) is 12.6. The van der Waals surface area contributed by atoms with Crippen molar-refractivity contribution in [2.75, 3.05) is 12.5 Å². The Labute approximate surface area is 128 Å². The van der Waals surface area contributed by atoms with E-state index in [1.165, 1.54) is 6.20 Å². The van der Waals surface area contributed by atoms with E-state index in [0.717, 1.165) is 0 Å². The lowest BCUT2D eigenvalue weighted by Crippen LogP contribution is -1.98. The number of nitrogens with zero attached hydrogens (tertiary/aromatic N) is 2. The molecular formula is C10H18N2O8S2. The van der Waals surface area contributed by atoms with Crippen LogP contribution in [0.3, 0.4) is 0 Å².